The topological polar surface area (TPSA) is 118 Å². The smallest absolute Gasteiger partial charge is 0.350 e. The van der Waals surface area contributed by atoms with Crippen molar-refractivity contribution in [3.05, 3.63) is 23.5 Å². The number of aromatic nitrogens is 1. The summed E-state index contributed by atoms with van der Waals surface area (Å²) < 4.78 is 38.2. The molecule has 178 valence electrons. The fourth-order valence-electron chi connectivity index (χ4n) is 4.37. The average molecular weight is 465 g/mol. The number of halogens is 3. The van der Waals surface area contributed by atoms with Crippen molar-refractivity contribution in [3.63, 3.8) is 0 Å². The predicted octanol–water partition coefficient (Wildman–Crippen LogP) is 2.34. The van der Waals surface area contributed by atoms with Crippen molar-refractivity contribution in [2.75, 3.05) is 13.1 Å². The van der Waals surface area contributed by atoms with Crippen molar-refractivity contribution in [3.8, 4) is 6.07 Å². The van der Waals surface area contributed by atoms with Gasteiger partial charge in [-0.05, 0) is 56.1 Å². The van der Waals surface area contributed by atoms with Gasteiger partial charge in [0.15, 0.2) is 0 Å². The van der Waals surface area contributed by atoms with Crippen LogP contribution >= 0.6 is 0 Å². The maximum absolute atomic E-state index is 13.0. The number of hydrogen-bond donors (Lipinski definition) is 3. The lowest BCUT2D eigenvalue weighted by Crippen LogP contribution is -2.48. The number of rotatable bonds is 8. The summed E-state index contributed by atoms with van der Waals surface area (Å²) in [6.07, 6.45) is -0.105. The molecule has 0 unspecified atom stereocenters. The Kier molecular flexibility index (Phi) is 5.66. The van der Waals surface area contributed by atoms with Crippen molar-refractivity contribution in [2.24, 2.45) is 11.3 Å². The van der Waals surface area contributed by atoms with Gasteiger partial charge in [0.05, 0.1) is 12.6 Å². The Morgan fingerprint density at radius 2 is 2.00 bits per heavy atom. The number of alkyl halides is 3. The average Bonchev–Trinajstić information content (AvgIpc) is 3.56. The largest absolute Gasteiger partial charge is 0.431 e. The first-order chi connectivity index (χ1) is 15.4. The number of carbonyl (C=O) groups is 3. The van der Waals surface area contributed by atoms with Gasteiger partial charge in [-0.25, -0.2) is 0 Å². The van der Waals surface area contributed by atoms with Crippen LogP contribution in [0.5, 0.6) is 0 Å². The van der Waals surface area contributed by atoms with E-state index in [-0.39, 0.29) is 34.9 Å². The highest BCUT2D eigenvalue weighted by molar-refractivity contribution is 5.95. The normalized spacial score (nSPS) is 22.9. The monoisotopic (exact) mass is 465 g/mol. The molecule has 2 atom stereocenters. The van der Waals surface area contributed by atoms with E-state index in [0.717, 1.165) is 37.8 Å². The number of amides is 3. The van der Waals surface area contributed by atoms with Gasteiger partial charge >= 0.3 is 6.18 Å². The van der Waals surface area contributed by atoms with Crippen LogP contribution in [0, 0.1) is 22.7 Å². The van der Waals surface area contributed by atoms with E-state index >= 15 is 0 Å². The third-order valence-electron chi connectivity index (χ3n) is 6.90. The van der Waals surface area contributed by atoms with Gasteiger partial charge in [0.2, 0.25) is 11.8 Å². The molecule has 4 rings (SSSR count). The van der Waals surface area contributed by atoms with Crippen LogP contribution in [0.2, 0.25) is 0 Å². The number of hydrogen-bond acceptors (Lipinski definition) is 4. The van der Waals surface area contributed by atoms with Crippen molar-refractivity contribution in [1.29, 1.82) is 5.26 Å². The second-order valence-electron chi connectivity index (χ2n) is 9.85. The summed E-state index contributed by atoms with van der Waals surface area (Å²) in [6.45, 7) is 1.85. The lowest BCUT2D eigenvalue weighted by atomic mass is 9.94. The third-order valence-corrected chi connectivity index (χ3v) is 6.90. The van der Waals surface area contributed by atoms with E-state index in [1.807, 2.05) is 11.9 Å². The summed E-state index contributed by atoms with van der Waals surface area (Å²) in [5, 5.41) is 15.1. The Labute approximate surface area is 188 Å². The Morgan fingerprint density at radius 3 is 2.52 bits per heavy atom. The zero-order chi connectivity index (χ0) is 24.0. The molecule has 3 amide bonds. The molecule has 0 bridgehead atoms. The zero-order valence-corrected chi connectivity index (χ0v) is 18.2. The fraction of sp³-hybridized carbons (Fsp3) is 0.636. The molecule has 2 saturated carbocycles. The molecule has 2 heterocycles. The highest BCUT2D eigenvalue weighted by atomic mass is 19.4. The SMILES string of the molecule is CC1(CN(C(=O)CNC(=O)c2ccc(C(F)(F)F)[nH]2)[C@H](C#N)C[C@@H]2CC3(CC3)NC2=O)CC1. The molecule has 1 saturated heterocycles. The highest BCUT2D eigenvalue weighted by Gasteiger charge is 2.53. The number of nitrogens with one attached hydrogen (secondary N) is 3. The second kappa shape index (κ2) is 8.08. The lowest BCUT2D eigenvalue weighted by molar-refractivity contribution is -0.140. The van der Waals surface area contributed by atoms with Gasteiger partial charge < -0.3 is 20.5 Å². The van der Waals surface area contributed by atoms with Crippen molar-refractivity contribution < 1.29 is 27.6 Å². The second-order valence-corrected chi connectivity index (χ2v) is 9.85. The summed E-state index contributed by atoms with van der Waals surface area (Å²) in [7, 11) is 0. The first-order valence-electron chi connectivity index (χ1n) is 11.0. The molecule has 11 heteroatoms. The minimum Gasteiger partial charge on any atom is -0.350 e. The fourth-order valence-corrected chi connectivity index (χ4v) is 4.37. The maximum Gasteiger partial charge on any atom is 0.431 e. The van der Waals surface area contributed by atoms with E-state index in [1.54, 1.807) is 0 Å². The number of H-pyrrole nitrogens is 1. The van der Waals surface area contributed by atoms with Crippen LogP contribution < -0.4 is 10.6 Å². The molecule has 3 N–H and O–H groups in total. The molecule has 0 aromatic carbocycles. The van der Waals surface area contributed by atoms with Gasteiger partial charge in [0.1, 0.15) is 17.4 Å². The summed E-state index contributed by atoms with van der Waals surface area (Å²) in [4.78, 5) is 41.0. The number of carbonyl (C=O) groups excluding carboxylic acids is 3. The van der Waals surface area contributed by atoms with Crippen molar-refractivity contribution >= 4 is 17.7 Å². The minimum absolute atomic E-state index is 0.0988. The van der Waals surface area contributed by atoms with Gasteiger partial charge in [0.25, 0.3) is 5.91 Å². The molecular formula is C22H26F3N5O3. The van der Waals surface area contributed by atoms with E-state index in [0.29, 0.717) is 13.0 Å². The van der Waals surface area contributed by atoms with Gasteiger partial charge in [-0.2, -0.15) is 18.4 Å². The summed E-state index contributed by atoms with van der Waals surface area (Å²) in [5.41, 5.74) is -1.63. The lowest BCUT2D eigenvalue weighted by Gasteiger charge is -2.31. The summed E-state index contributed by atoms with van der Waals surface area (Å²) >= 11 is 0. The Balaban J connectivity index is 1.40. The molecule has 2 aliphatic carbocycles. The zero-order valence-electron chi connectivity index (χ0n) is 18.2. The van der Waals surface area contributed by atoms with Gasteiger partial charge in [-0.3, -0.25) is 14.4 Å². The van der Waals surface area contributed by atoms with Crippen molar-refractivity contribution in [1.82, 2.24) is 20.5 Å². The molecule has 1 aliphatic heterocycles. The Hall–Kier alpha value is -3.03. The third kappa shape index (κ3) is 5.15. The van der Waals surface area contributed by atoms with Crippen LogP contribution in [0.1, 0.15) is 61.6 Å². The minimum atomic E-state index is -4.61. The maximum atomic E-state index is 13.0. The van der Waals surface area contributed by atoms with Crippen LogP contribution in [0.3, 0.4) is 0 Å². The van der Waals surface area contributed by atoms with Crippen molar-refractivity contribution in [2.45, 2.75) is 63.2 Å². The van der Waals surface area contributed by atoms with E-state index in [1.165, 1.54) is 4.90 Å². The highest BCUT2D eigenvalue weighted by Crippen LogP contribution is 2.48. The van der Waals surface area contributed by atoms with Crippen LogP contribution in [0.15, 0.2) is 12.1 Å². The first-order valence-corrected chi connectivity index (χ1v) is 11.0. The van der Waals surface area contributed by atoms with Gasteiger partial charge in [-0.1, -0.05) is 6.92 Å². The van der Waals surface area contributed by atoms with E-state index < -0.39 is 36.3 Å². The molecule has 33 heavy (non-hydrogen) atoms. The van der Waals surface area contributed by atoms with Gasteiger partial charge in [0, 0.05) is 18.0 Å². The predicted molar refractivity (Wildman–Crippen MR) is 109 cm³/mol. The first kappa shape index (κ1) is 23.1. The molecule has 0 radical (unpaired) electrons. The molecule has 3 fully saturated rings. The number of aromatic amines is 1. The summed E-state index contributed by atoms with van der Waals surface area (Å²) in [5.74, 6) is -1.81. The van der Waals surface area contributed by atoms with Crippen LogP contribution in [0.25, 0.3) is 0 Å². The molecule has 1 aromatic heterocycles. The Bertz CT molecular complexity index is 1000. The van der Waals surface area contributed by atoms with Crippen LogP contribution in [-0.2, 0) is 15.8 Å². The Morgan fingerprint density at radius 1 is 1.30 bits per heavy atom. The summed E-state index contributed by atoms with van der Waals surface area (Å²) in [6, 6.07) is 3.06. The standard InChI is InChI=1S/C22H26F3N5O3/c1-20(4-5-20)12-30(14(10-26)8-13-9-21(6-7-21)29-18(13)32)17(31)11-27-19(33)15-2-3-16(28-15)22(23,24)25/h2-3,13-14,28H,4-9,11-12H2,1H3,(H,27,33)(H,29,32)/t13-,14+/m1/s1. The van der Waals surface area contributed by atoms with Crippen LogP contribution in [-0.4, -0.2) is 52.3 Å². The molecular weight excluding hydrogens is 439 g/mol. The van der Waals surface area contributed by atoms with Crippen LogP contribution in [0.4, 0.5) is 13.2 Å². The number of nitrogens with zero attached hydrogens (tertiary/aromatic N) is 2. The van der Waals surface area contributed by atoms with E-state index in [2.05, 4.69) is 16.7 Å². The molecule has 1 spiro atoms. The quantitative estimate of drug-likeness (QED) is 0.546. The molecule has 1 aromatic rings. The van der Waals surface area contributed by atoms with E-state index in [9.17, 15) is 32.8 Å². The van der Waals surface area contributed by atoms with Gasteiger partial charge in [-0.15, -0.1) is 0 Å². The number of nitriles is 1. The molecule has 8 nitrogen and oxygen atoms in total. The molecule has 3 aliphatic rings. The van der Waals surface area contributed by atoms with E-state index in [4.69, 9.17) is 0 Å².